The molecule has 0 amide bonds. The Hall–Kier alpha value is -0.910. The minimum absolute atomic E-state index is 0.382. The van der Waals surface area contributed by atoms with E-state index in [9.17, 15) is 0 Å². The van der Waals surface area contributed by atoms with Crippen molar-refractivity contribution < 1.29 is 0 Å². The van der Waals surface area contributed by atoms with Crippen LogP contribution < -0.4 is 10.6 Å². The minimum atomic E-state index is 0.382. The van der Waals surface area contributed by atoms with Gasteiger partial charge in [0.25, 0.3) is 0 Å². The Bertz CT molecular complexity index is 280. The highest BCUT2D eigenvalue weighted by atomic mass is 32.2. The lowest BCUT2D eigenvalue weighted by Gasteiger charge is -2.21. The number of anilines is 2. The number of H-pyrrole nitrogens is 1. The van der Waals surface area contributed by atoms with Crippen molar-refractivity contribution in [1.29, 1.82) is 0 Å². The molecule has 1 atom stereocenters. The third-order valence-electron chi connectivity index (χ3n) is 2.26. The standard InChI is InChI=1S/C7H13N5S/c1-12(5-2-3-13-4-5)7-9-6(8)10-11-7/h5H,2-4H2,1H3,(H3,8,9,10,11). The van der Waals surface area contributed by atoms with Crippen molar-refractivity contribution in [3.05, 3.63) is 0 Å². The van der Waals surface area contributed by atoms with E-state index in [1.54, 1.807) is 0 Å². The molecule has 1 fully saturated rings. The van der Waals surface area contributed by atoms with Gasteiger partial charge in [-0.2, -0.15) is 16.7 Å². The van der Waals surface area contributed by atoms with Crippen LogP contribution >= 0.6 is 11.8 Å². The van der Waals surface area contributed by atoms with E-state index in [0.717, 1.165) is 5.75 Å². The zero-order valence-electron chi connectivity index (χ0n) is 7.53. The Balaban J connectivity index is 2.07. The summed E-state index contributed by atoms with van der Waals surface area (Å²) >= 11 is 1.97. The predicted molar refractivity (Wildman–Crippen MR) is 54.9 cm³/mol. The summed E-state index contributed by atoms with van der Waals surface area (Å²) in [6, 6.07) is 0.556. The number of nitrogens with two attached hydrogens (primary N) is 1. The quantitative estimate of drug-likeness (QED) is 0.718. The number of thioether (sulfide) groups is 1. The van der Waals surface area contributed by atoms with Gasteiger partial charge in [0.2, 0.25) is 11.9 Å². The maximum Gasteiger partial charge on any atom is 0.246 e. The van der Waals surface area contributed by atoms with Gasteiger partial charge < -0.3 is 10.6 Å². The second-order valence-electron chi connectivity index (χ2n) is 3.15. The molecule has 5 nitrogen and oxygen atoms in total. The molecule has 0 spiro atoms. The Morgan fingerprint density at radius 2 is 2.54 bits per heavy atom. The number of rotatable bonds is 2. The largest absolute Gasteiger partial charge is 0.368 e. The topological polar surface area (TPSA) is 70.8 Å². The summed E-state index contributed by atoms with van der Waals surface area (Å²) in [4.78, 5) is 6.17. The molecular formula is C7H13N5S. The number of aromatic nitrogens is 3. The lowest BCUT2D eigenvalue weighted by atomic mass is 10.2. The average molecular weight is 199 g/mol. The summed E-state index contributed by atoms with van der Waals surface area (Å²) in [5, 5.41) is 6.66. The summed E-state index contributed by atoms with van der Waals surface area (Å²) in [6.07, 6.45) is 1.20. The van der Waals surface area contributed by atoms with Gasteiger partial charge in [-0.3, -0.25) is 0 Å². The van der Waals surface area contributed by atoms with Crippen LogP contribution in [0, 0.1) is 0 Å². The zero-order chi connectivity index (χ0) is 9.26. The van der Waals surface area contributed by atoms with E-state index in [-0.39, 0.29) is 0 Å². The summed E-state index contributed by atoms with van der Waals surface area (Å²) in [5.41, 5.74) is 5.45. The van der Waals surface area contributed by atoms with Crippen LogP contribution in [0.15, 0.2) is 0 Å². The molecule has 1 aromatic heterocycles. The van der Waals surface area contributed by atoms with Crippen molar-refractivity contribution in [2.24, 2.45) is 0 Å². The molecule has 1 saturated heterocycles. The van der Waals surface area contributed by atoms with Gasteiger partial charge in [-0.05, 0) is 12.2 Å². The summed E-state index contributed by atoms with van der Waals surface area (Å²) in [6.45, 7) is 0. The van der Waals surface area contributed by atoms with Crippen LogP contribution in [-0.4, -0.2) is 39.8 Å². The number of hydrogen-bond acceptors (Lipinski definition) is 5. The van der Waals surface area contributed by atoms with Crippen LogP contribution in [0.25, 0.3) is 0 Å². The molecule has 72 valence electrons. The fourth-order valence-electron chi connectivity index (χ4n) is 1.41. The molecule has 1 aliphatic heterocycles. The van der Waals surface area contributed by atoms with E-state index >= 15 is 0 Å². The van der Waals surface area contributed by atoms with E-state index < -0.39 is 0 Å². The lowest BCUT2D eigenvalue weighted by molar-refractivity contribution is 0.683. The molecule has 0 bridgehead atoms. The van der Waals surface area contributed by atoms with Gasteiger partial charge in [-0.1, -0.05) is 0 Å². The summed E-state index contributed by atoms with van der Waals surface area (Å²) in [5.74, 6) is 3.47. The van der Waals surface area contributed by atoms with Gasteiger partial charge in [-0.25, -0.2) is 5.10 Å². The second-order valence-corrected chi connectivity index (χ2v) is 4.30. The van der Waals surface area contributed by atoms with E-state index in [0.29, 0.717) is 17.9 Å². The molecular weight excluding hydrogens is 186 g/mol. The summed E-state index contributed by atoms with van der Waals surface area (Å²) in [7, 11) is 2.01. The Kier molecular flexibility index (Phi) is 2.30. The highest BCUT2D eigenvalue weighted by Gasteiger charge is 2.22. The molecule has 13 heavy (non-hydrogen) atoms. The normalized spacial score (nSPS) is 22.1. The predicted octanol–water partition coefficient (Wildman–Crippen LogP) is 0.329. The number of aromatic amines is 1. The van der Waals surface area contributed by atoms with Crippen LogP contribution in [0.1, 0.15) is 6.42 Å². The maximum absolute atomic E-state index is 5.45. The highest BCUT2D eigenvalue weighted by molar-refractivity contribution is 7.99. The molecule has 0 radical (unpaired) electrons. The molecule has 1 aliphatic rings. The van der Waals surface area contributed by atoms with Gasteiger partial charge in [0.15, 0.2) is 0 Å². The molecule has 2 rings (SSSR count). The minimum Gasteiger partial charge on any atom is -0.368 e. The number of nitrogens with one attached hydrogen (secondary N) is 1. The first-order valence-electron chi connectivity index (χ1n) is 4.26. The highest BCUT2D eigenvalue weighted by Crippen LogP contribution is 2.23. The van der Waals surface area contributed by atoms with Crippen molar-refractivity contribution in [2.45, 2.75) is 12.5 Å². The van der Waals surface area contributed by atoms with Crippen LogP contribution in [0.2, 0.25) is 0 Å². The van der Waals surface area contributed by atoms with Crippen LogP contribution in [0.5, 0.6) is 0 Å². The molecule has 0 aromatic carbocycles. The first-order chi connectivity index (χ1) is 6.27. The Morgan fingerprint density at radius 1 is 1.69 bits per heavy atom. The number of nitrogens with zero attached hydrogens (tertiary/aromatic N) is 3. The lowest BCUT2D eigenvalue weighted by Crippen LogP contribution is -2.32. The fraction of sp³-hybridized carbons (Fsp3) is 0.714. The number of nitrogen functional groups attached to an aromatic ring is 1. The molecule has 3 N–H and O–H groups in total. The molecule has 2 heterocycles. The van der Waals surface area contributed by atoms with E-state index in [2.05, 4.69) is 20.1 Å². The van der Waals surface area contributed by atoms with Crippen molar-refractivity contribution in [3.8, 4) is 0 Å². The van der Waals surface area contributed by atoms with Gasteiger partial charge >= 0.3 is 0 Å². The summed E-state index contributed by atoms with van der Waals surface area (Å²) < 4.78 is 0. The molecule has 6 heteroatoms. The monoisotopic (exact) mass is 199 g/mol. The first kappa shape index (κ1) is 8.68. The van der Waals surface area contributed by atoms with Crippen molar-refractivity contribution in [1.82, 2.24) is 15.2 Å². The number of hydrogen-bond donors (Lipinski definition) is 2. The molecule has 1 aromatic rings. The smallest absolute Gasteiger partial charge is 0.246 e. The molecule has 1 unspecified atom stereocenters. The van der Waals surface area contributed by atoms with E-state index in [1.165, 1.54) is 12.2 Å². The van der Waals surface area contributed by atoms with Crippen molar-refractivity contribution in [3.63, 3.8) is 0 Å². The van der Waals surface area contributed by atoms with Crippen LogP contribution in [-0.2, 0) is 0 Å². The fourth-order valence-corrected chi connectivity index (χ4v) is 2.68. The van der Waals surface area contributed by atoms with Gasteiger partial charge in [0.05, 0.1) is 0 Å². The zero-order valence-corrected chi connectivity index (χ0v) is 8.34. The SMILES string of the molecule is CN(c1n[nH]c(N)n1)C1CCSC1. The second kappa shape index (κ2) is 3.45. The van der Waals surface area contributed by atoms with Gasteiger partial charge in [-0.15, -0.1) is 5.10 Å². The first-order valence-corrected chi connectivity index (χ1v) is 5.41. The average Bonchev–Trinajstić information content (AvgIpc) is 2.72. The third-order valence-corrected chi connectivity index (χ3v) is 3.40. The molecule has 0 saturated carbocycles. The van der Waals surface area contributed by atoms with Crippen LogP contribution in [0.3, 0.4) is 0 Å². The molecule has 0 aliphatic carbocycles. The van der Waals surface area contributed by atoms with Crippen molar-refractivity contribution in [2.75, 3.05) is 29.2 Å². The van der Waals surface area contributed by atoms with Gasteiger partial charge in [0.1, 0.15) is 0 Å². The maximum atomic E-state index is 5.45. The van der Waals surface area contributed by atoms with E-state index in [1.807, 2.05) is 18.8 Å². The van der Waals surface area contributed by atoms with Crippen LogP contribution in [0.4, 0.5) is 11.9 Å². The van der Waals surface area contributed by atoms with E-state index in [4.69, 9.17) is 5.73 Å². The van der Waals surface area contributed by atoms with Crippen molar-refractivity contribution >= 4 is 23.7 Å². The Morgan fingerprint density at radius 3 is 3.08 bits per heavy atom. The Labute approximate surface area is 81.1 Å². The van der Waals surface area contributed by atoms with Gasteiger partial charge in [0, 0.05) is 18.8 Å². The third kappa shape index (κ3) is 1.72.